The van der Waals surface area contributed by atoms with E-state index in [1.165, 1.54) is 6.08 Å². The number of benzene rings is 1. The van der Waals surface area contributed by atoms with E-state index in [1.807, 2.05) is 0 Å². The van der Waals surface area contributed by atoms with E-state index in [-0.39, 0.29) is 0 Å². The van der Waals surface area contributed by atoms with Gasteiger partial charge in [-0.05, 0) is 17.7 Å². The molecule has 0 aromatic heterocycles. The highest BCUT2D eigenvalue weighted by Crippen LogP contribution is 2.26. The first kappa shape index (κ1) is 10.9. The third kappa shape index (κ3) is 2.65. The average Bonchev–Trinajstić information content (AvgIpc) is 2.20. The minimum absolute atomic E-state index is 0.337. The first-order valence-corrected chi connectivity index (χ1v) is 4.40. The molecule has 72 valence electrons. The summed E-state index contributed by atoms with van der Waals surface area (Å²) < 4.78 is 0. The maximum atomic E-state index is 10.5. The number of nitrogens with zero attached hydrogens (tertiary/aromatic N) is 1. The molecule has 0 fully saturated rings. The van der Waals surface area contributed by atoms with Crippen molar-refractivity contribution in [2.45, 2.75) is 0 Å². The smallest absolute Gasteiger partial charge is 0.264 e. The number of amides is 1. The van der Waals surface area contributed by atoms with Crippen LogP contribution in [0.3, 0.4) is 0 Å². The summed E-state index contributed by atoms with van der Waals surface area (Å²) in [7, 11) is 0. The second kappa shape index (κ2) is 4.88. The molecule has 0 aliphatic heterocycles. The van der Waals surface area contributed by atoms with Crippen molar-refractivity contribution in [1.82, 2.24) is 0 Å². The van der Waals surface area contributed by atoms with Gasteiger partial charge in [0.25, 0.3) is 0 Å². The maximum absolute atomic E-state index is 10.5. The van der Waals surface area contributed by atoms with Gasteiger partial charge >= 0.3 is 5.91 Å². The number of hydrogen-bond donors (Lipinski definition) is 0. The molecule has 0 aliphatic rings. The molecule has 0 spiro atoms. The van der Waals surface area contributed by atoms with Gasteiger partial charge in [0, 0.05) is 11.3 Å². The summed E-state index contributed by atoms with van der Waals surface area (Å²) in [5, 5.41) is 2.93. The monoisotopic (exact) mass is 229 g/mol. The van der Waals surface area contributed by atoms with Crippen molar-refractivity contribution in [3.05, 3.63) is 44.8 Å². The molecule has 1 rings (SSSR count). The summed E-state index contributed by atoms with van der Waals surface area (Å²) in [6, 6.07) is 4.98. The molecule has 0 aliphatic carbocycles. The summed E-state index contributed by atoms with van der Waals surface area (Å²) >= 11 is 11.5. The molecule has 0 atom stereocenters. The molecule has 1 aromatic rings. The molecule has 0 saturated heterocycles. The van der Waals surface area contributed by atoms with Gasteiger partial charge in [-0.1, -0.05) is 35.3 Å². The van der Waals surface area contributed by atoms with Crippen LogP contribution in [0.15, 0.2) is 29.5 Å². The van der Waals surface area contributed by atoms with Gasteiger partial charge in [0.05, 0.1) is 10.0 Å². The summed E-state index contributed by atoms with van der Waals surface area (Å²) in [6.45, 7) is 0. The van der Waals surface area contributed by atoms with Crippen LogP contribution in [0.25, 0.3) is 6.08 Å². The van der Waals surface area contributed by atoms with Crippen molar-refractivity contribution in [3.8, 4) is 0 Å². The number of hydrogen-bond acceptors (Lipinski definition) is 2. The van der Waals surface area contributed by atoms with Crippen LogP contribution in [-0.2, 0) is 4.79 Å². The van der Waals surface area contributed by atoms with Gasteiger partial charge in [-0.2, -0.15) is 0 Å². The van der Waals surface area contributed by atoms with Crippen LogP contribution in [0.5, 0.6) is 0 Å². The van der Waals surface area contributed by atoms with E-state index in [0.717, 1.165) is 6.08 Å². The Labute approximate surface area is 90.3 Å². The van der Waals surface area contributed by atoms with E-state index in [4.69, 9.17) is 23.2 Å². The molecule has 0 N–H and O–H groups in total. The van der Waals surface area contributed by atoms with E-state index in [9.17, 15) is 9.70 Å². The van der Waals surface area contributed by atoms with Crippen molar-refractivity contribution >= 4 is 35.2 Å². The minimum Gasteiger partial charge on any atom is -0.264 e. The lowest BCUT2D eigenvalue weighted by Gasteiger charge is -1.98. The maximum Gasteiger partial charge on any atom is 0.309 e. The van der Waals surface area contributed by atoms with Crippen LogP contribution in [-0.4, -0.2) is 5.91 Å². The third-order valence-electron chi connectivity index (χ3n) is 1.48. The third-order valence-corrected chi connectivity index (χ3v) is 2.31. The van der Waals surface area contributed by atoms with Crippen LogP contribution in [0.2, 0.25) is 10.0 Å². The predicted molar refractivity (Wildman–Crippen MR) is 56.3 cm³/mol. The van der Waals surface area contributed by atoms with E-state index in [1.54, 1.807) is 18.2 Å². The number of nitroso groups, excluding NO2 is 1. The highest BCUT2D eigenvalue weighted by atomic mass is 35.5. The first-order chi connectivity index (χ1) is 6.65. The molecule has 5 heteroatoms. The Hall–Kier alpha value is -1.19. The highest BCUT2D eigenvalue weighted by Gasteiger charge is 2.01. The topological polar surface area (TPSA) is 46.5 Å². The van der Waals surface area contributed by atoms with E-state index in [2.05, 4.69) is 5.18 Å². The van der Waals surface area contributed by atoms with Crippen molar-refractivity contribution in [3.63, 3.8) is 0 Å². The Morgan fingerprint density at radius 2 is 2.07 bits per heavy atom. The van der Waals surface area contributed by atoms with Crippen molar-refractivity contribution in [2.75, 3.05) is 0 Å². The number of carbonyl (C=O) groups is 1. The van der Waals surface area contributed by atoms with Crippen LogP contribution in [0, 0.1) is 4.91 Å². The molecule has 0 saturated carbocycles. The van der Waals surface area contributed by atoms with Crippen LogP contribution < -0.4 is 0 Å². The largest absolute Gasteiger partial charge is 0.309 e. The van der Waals surface area contributed by atoms with Gasteiger partial charge in [-0.25, -0.2) is 0 Å². The van der Waals surface area contributed by atoms with Gasteiger partial charge in [0.2, 0.25) is 0 Å². The molecule has 0 bridgehead atoms. The van der Waals surface area contributed by atoms with E-state index >= 15 is 0 Å². The normalized spacial score (nSPS) is 10.4. The molecule has 3 nitrogen and oxygen atoms in total. The Morgan fingerprint density at radius 1 is 1.36 bits per heavy atom. The zero-order valence-electron chi connectivity index (χ0n) is 6.91. The Balaban J connectivity index is 2.97. The van der Waals surface area contributed by atoms with E-state index < -0.39 is 5.91 Å². The standard InChI is InChI=1S/C9H5Cl2NO2/c10-7-3-1-2-6(9(7)11)4-5-8(13)12-14/h1-5H/b5-4+. The molecule has 1 amide bonds. The highest BCUT2D eigenvalue weighted by molar-refractivity contribution is 6.42. The lowest BCUT2D eigenvalue weighted by molar-refractivity contribution is -0.113. The van der Waals surface area contributed by atoms with Crippen LogP contribution in [0.4, 0.5) is 0 Å². The minimum atomic E-state index is -0.860. The number of carbonyl (C=O) groups excluding carboxylic acids is 1. The fourth-order valence-electron chi connectivity index (χ4n) is 0.841. The molecular formula is C9H5Cl2NO2. The lowest BCUT2D eigenvalue weighted by atomic mass is 10.2. The fraction of sp³-hybridized carbons (Fsp3) is 0. The van der Waals surface area contributed by atoms with Crippen molar-refractivity contribution < 1.29 is 4.79 Å². The fourth-order valence-corrected chi connectivity index (χ4v) is 1.21. The van der Waals surface area contributed by atoms with Gasteiger partial charge in [0.15, 0.2) is 0 Å². The average molecular weight is 230 g/mol. The Morgan fingerprint density at radius 3 is 2.71 bits per heavy atom. The van der Waals surface area contributed by atoms with Crippen molar-refractivity contribution in [1.29, 1.82) is 0 Å². The quantitative estimate of drug-likeness (QED) is 0.577. The SMILES string of the molecule is O=NC(=O)/C=C/c1cccc(Cl)c1Cl. The molecular weight excluding hydrogens is 225 g/mol. The molecule has 1 aromatic carbocycles. The van der Waals surface area contributed by atoms with Gasteiger partial charge in [0.1, 0.15) is 0 Å². The number of rotatable bonds is 2. The predicted octanol–water partition coefficient (Wildman–Crippen LogP) is 3.30. The summed E-state index contributed by atoms with van der Waals surface area (Å²) in [5.41, 5.74) is 0.566. The Bertz CT molecular complexity index is 402. The molecule has 0 unspecified atom stereocenters. The molecule has 0 radical (unpaired) electrons. The summed E-state index contributed by atoms with van der Waals surface area (Å²) in [4.78, 5) is 20.3. The van der Waals surface area contributed by atoms with Crippen LogP contribution >= 0.6 is 23.2 Å². The second-order valence-corrected chi connectivity index (χ2v) is 3.19. The number of halogens is 2. The zero-order valence-corrected chi connectivity index (χ0v) is 8.42. The van der Waals surface area contributed by atoms with Crippen LogP contribution in [0.1, 0.15) is 5.56 Å². The lowest BCUT2D eigenvalue weighted by Crippen LogP contribution is -1.83. The van der Waals surface area contributed by atoms with E-state index in [0.29, 0.717) is 15.6 Å². The summed E-state index contributed by atoms with van der Waals surface area (Å²) in [5.74, 6) is -0.860. The van der Waals surface area contributed by atoms with Crippen molar-refractivity contribution in [2.24, 2.45) is 5.18 Å². The molecule has 0 heterocycles. The Kier molecular flexibility index (Phi) is 3.80. The van der Waals surface area contributed by atoms with Gasteiger partial charge in [-0.3, -0.25) is 4.79 Å². The van der Waals surface area contributed by atoms with Gasteiger partial charge < -0.3 is 0 Å². The first-order valence-electron chi connectivity index (χ1n) is 3.64. The summed E-state index contributed by atoms with van der Waals surface area (Å²) in [6.07, 6.45) is 2.42. The van der Waals surface area contributed by atoms with Gasteiger partial charge in [-0.15, -0.1) is 4.91 Å². The zero-order chi connectivity index (χ0) is 10.6. The second-order valence-electron chi connectivity index (χ2n) is 2.41. The molecule has 14 heavy (non-hydrogen) atoms.